The first-order chi connectivity index (χ1) is 14.7. The van der Waals surface area contributed by atoms with E-state index in [4.69, 9.17) is 4.52 Å². The summed E-state index contributed by atoms with van der Waals surface area (Å²) in [7, 11) is 0. The van der Waals surface area contributed by atoms with Crippen molar-refractivity contribution in [1.29, 1.82) is 0 Å². The van der Waals surface area contributed by atoms with Gasteiger partial charge in [0.2, 0.25) is 11.7 Å². The third-order valence-electron chi connectivity index (χ3n) is 4.99. The Balaban J connectivity index is 1.19. The van der Waals surface area contributed by atoms with Crippen LogP contribution >= 0.6 is 34.0 Å². The van der Waals surface area contributed by atoms with Crippen LogP contribution in [0.25, 0.3) is 21.3 Å². The van der Waals surface area contributed by atoms with Gasteiger partial charge < -0.3 is 9.42 Å². The summed E-state index contributed by atoms with van der Waals surface area (Å²) in [4.78, 5) is 28.0. The first-order valence-corrected chi connectivity index (χ1v) is 12.2. The number of carbonyl (C=O) groups excluding carboxylic acids is 1. The Bertz CT molecular complexity index is 1130. The van der Waals surface area contributed by atoms with E-state index in [-0.39, 0.29) is 5.91 Å². The standard InChI is InChI=1S/C20H19N5O2S3/c1-13-17(30-19(21-13)14-4-10-28-12-14)20(26)25-7-5-24(6-8-25)11-16-22-18(23-27-16)15-3-2-9-29-15/h2-4,9-10,12H,5-8,11H2,1H3. The molecule has 0 aromatic carbocycles. The average molecular weight is 458 g/mol. The van der Waals surface area contributed by atoms with E-state index in [2.05, 4.69) is 25.4 Å². The fourth-order valence-electron chi connectivity index (χ4n) is 3.37. The molecular weight excluding hydrogens is 438 g/mol. The van der Waals surface area contributed by atoms with Crippen LogP contribution in [0.3, 0.4) is 0 Å². The summed E-state index contributed by atoms with van der Waals surface area (Å²) in [5, 5.41) is 11.1. The number of aryl methyl sites for hydroxylation is 1. The lowest BCUT2D eigenvalue weighted by Crippen LogP contribution is -2.48. The van der Waals surface area contributed by atoms with E-state index in [1.807, 2.05) is 40.8 Å². The molecule has 0 aliphatic carbocycles. The summed E-state index contributed by atoms with van der Waals surface area (Å²) >= 11 is 4.71. The highest BCUT2D eigenvalue weighted by molar-refractivity contribution is 7.17. The van der Waals surface area contributed by atoms with Crippen molar-refractivity contribution in [1.82, 2.24) is 24.9 Å². The van der Waals surface area contributed by atoms with E-state index in [1.54, 1.807) is 22.7 Å². The SMILES string of the molecule is Cc1nc(-c2ccsc2)sc1C(=O)N1CCN(Cc2nc(-c3cccs3)no2)CC1. The lowest BCUT2D eigenvalue weighted by molar-refractivity contribution is 0.0619. The zero-order valence-corrected chi connectivity index (χ0v) is 18.7. The Kier molecular flexibility index (Phi) is 5.47. The zero-order valence-electron chi connectivity index (χ0n) is 16.3. The Morgan fingerprint density at radius 1 is 1.17 bits per heavy atom. The minimum Gasteiger partial charge on any atom is -0.338 e. The lowest BCUT2D eigenvalue weighted by Gasteiger charge is -2.33. The minimum absolute atomic E-state index is 0.0731. The van der Waals surface area contributed by atoms with Gasteiger partial charge in [-0.2, -0.15) is 16.3 Å². The molecule has 0 bridgehead atoms. The smallest absolute Gasteiger partial charge is 0.265 e. The molecule has 0 atom stereocenters. The van der Waals surface area contributed by atoms with Crippen LogP contribution in [-0.4, -0.2) is 57.0 Å². The highest BCUT2D eigenvalue weighted by Crippen LogP contribution is 2.30. The molecule has 1 saturated heterocycles. The van der Waals surface area contributed by atoms with Crippen molar-refractivity contribution in [2.45, 2.75) is 13.5 Å². The van der Waals surface area contributed by atoms with Crippen LogP contribution < -0.4 is 0 Å². The van der Waals surface area contributed by atoms with Gasteiger partial charge in [0.25, 0.3) is 5.91 Å². The third kappa shape index (κ3) is 3.95. The monoisotopic (exact) mass is 457 g/mol. The van der Waals surface area contributed by atoms with Gasteiger partial charge in [-0.1, -0.05) is 11.2 Å². The minimum atomic E-state index is 0.0731. The number of rotatable bonds is 5. The largest absolute Gasteiger partial charge is 0.338 e. The van der Waals surface area contributed by atoms with Crippen molar-refractivity contribution in [3.63, 3.8) is 0 Å². The molecule has 5 heterocycles. The highest BCUT2D eigenvalue weighted by atomic mass is 32.1. The van der Waals surface area contributed by atoms with Crippen molar-refractivity contribution >= 4 is 39.9 Å². The van der Waals surface area contributed by atoms with Crippen molar-refractivity contribution in [2.75, 3.05) is 26.2 Å². The van der Waals surface area contributed by atoms with Crippen molar-refractivity contribution in [3.05, 3.63) is 50.8 Å². The van der Waals surface area contributed by atoms with E-state index < -0.39 is 0 Å². The van der Waals surface area contributed by atoms with E-state index in [1.165, 1.54) is 11.3 Å². The number of thiazole rings is 1. The molecule has 30 heavy (non-hydrogen) atoms. The molecule has 0 spiro atoms. The van der Waals surface area contributed by atoms with Gasteiger partial charge in [-0.25, -0.2) is 4.98 Å². The molecule has 0 radical (unpaired) electrons. The number of thiophene rings is 2. The number of nitrogens with zero attached hydrogens (tertiary/aromatic N) is 5. The van der Waals surface area contributed by atoms with Gasteiger partial charge in [0.1, 0.15) is 9.88 Å². The Labute approximate surface area is 185 Å². The molecule has 1 aliphatic heterocycles. The van der Waals surface area contributed by atoms with E-state index >= 15 is 0 Å². The molecule has 0 N–H and O–H groups in total. The van der Waals surface area contributed by atoms with Gasteiger partial charge in [-0.15, -0.1) is 22.7 Å². The molecule has 0 unspecified atom stereocenters. The molecule has 1 aliphatic rings. The predicted octanol–water partition coefficient (Wildman–Crippen LogP) is 4.25. The van der Waals surface area contributed by atoms with E-state index in [0.717, 1.165) is 39.1 Å². The summed E-state index contributed by atoms with van der Waals surface area (Å²) in [6, 6.07) is 5.99. The quantitative estimate of drug-likeness (QED) is 0.446. The average Bonchev–Trinajstić information content (AvgIpc) is 3.54. The van der Waals surface area contributed by atoms with Crippen LogP contribution in [0.1, 0.15) is 21.3 Å². The van der Waals surface area contributed by atoms with E-state index in [0.29, 0.717) is 31.3 Å². The van der Waals surface area contributed by atoms with Crippen LogP contribution in [0, 0.1) is 6.92 Å². The van der Waals surface area contributed by atoms with Crippen LogP contribution in [0.2, 0.25) is 0 Å². The fourth-order valence-corrected chi connectivity index (χ4v) is 5.77. The second-order valence-electron chi connectivity index (χ2n) is 7.00. The maximum atomic E-state index is 13.0. The molecule has 10 heteroatoms. The zero-order chi connectivity index (χ0) is 20.5. The van der Waals surface area contributed by atoms with Gasteiger partial charge in [-0.05, 0) is 29.8 Å². The molecule has 154 valence electrons. The number of aromatic nitrogens is 3. The summed E-state index contributed by atoms with van der Waals surface area (Å²) in [5.41, 5.74) is 1.89. The van der Waals surface area contributed by atoms with Crippen molar-refractivity contribution in [3.8, 4) is 21.3 Å². The summed E-state index contributed by atoms with van der Waals surface area (Å²) < 4.78 is 5.41. The third-order valence-corrected chi connectivity index (χ3v) is 7.73. The Morgan fingerprint density at radius 2 is 2.03 bits per heavy atom. The maximum absolute atomic E-state index is 13.0. The molecule has 4 aromatic heterocycles. The number of carbonyl (C=O) groups is 1. The van der Waals surface area contributed by atoms with Gasteiger partial charge >= 0.3 is 0 Å². The molecular formula is C20H19N5O2S3. The van der Waals surface area contributed by atoms with Gasteiger partial charge in [0, 0.05) is 37.1 Å². The Morgan fingerprint density at radius 3 is 2.77 bits per heavy atom. The number of hydrogen-bond acceptors (Lipinski definition) is 9. The second kappa shape index (κ2) is 8.38. The fraction of sp³-hybridized carbons (Fsp3) is 0.300. The number of amides is 1. The molecule has 0 saturated carbocycles. The van der Waals surface area contributed by atoms with Gasteiger partial charge in [-0.3, -0.25) is 9.69 Å². The lowest BCUT2D eigenvalue weighted by atomic mass is 10.2. The summed E-state index contributed by atoms with van der Waals surface area (Å²) in [6.45, 7) is 5.42. The first kappa shape index (κ1) is 19.6. The van der Waals surface area contributed by atoms with Crippen LogP contribution in [-0.2, 0) is 6.54 Å². The molecule has 5 rings (SSSR count). The topological polar surface area (TPSA) is 75.4 Å². The maximum Gasteiger partial charge on any atom is 0.265 e. The molecule has 1 amide bonds. The number of hydrogen-bond donors (Lipinski definition) is 0. The molecule has 7 nitrogen and oxygen atoms in total. The summed E-state index contributed by atoms with van der Waals surface area (Å²) in [6.07, 6.45) is 0. The predicted molar refractivity (Wildman–Crippen MR) is 119 cm³/mol. The molecule has 4 aromatic rings. The second-order valence-corrected chi connectivity index (χ2v) is 9.73. The van der Waals surface area contributed by atoms with Crippen LogP contribution in [0.4, 0.5) is 0 Å². The number of piperazine rings is 1. The van der Waals surface area contributed by atoms with Crippen molar-refractivity contribution < 1.29 is 9.32 Å². The van der Waals surface area contributed by atoms with Crippen molar-refractivity contribution in [2.24, 2.45) is 0 Å². The van der Waals surface area contributed by atoms with Crippen LogP contribution in [0.15, 0.2) is 38.9 Å². The Hall–Kier alpha value is -2.40. The van der Waals surface area contributed by atoms with Gasteiger partial charge in [0.05, 0.1) is 17.1 Å². The summed E-state index contributed by atoms with van der Waals surface area (Å²) in [5.74, 6) is 1.32. The van der Waals surface area contributed by atoms with Gasteiger partial charge in [0.15, 0.2) is 0 Å². The first-order valence-electron chi connectivity index (χ1n) is 9.55. The molecule has 1 fully saturated rings. The normalized spacial score (nSPS) is 15.0. The van der Waals surface area contributed by atoms with E-state index in [9.17, 15) is 4.79 Å². The van der Waals surface area contributed by atoms with Crippen LogP contribution in [0.5, 0.6) is 0 Å². The highest BCUT2D eigenvalue weighted by Gasteiger charge is 2.26.